The normalized spacial score (nSPS) is 28.1. The van der Waals surface area contributed by atoms with E-state index in [1.165, 1.54) is 16.7 Å². The van der Waals surface area contributed by atoms with Crippen LogP contribution in [0.1, 0.15) is 38.3 Å². The summed E-state index contributed by atoms with van der Waals surface area (Å²) in [5.41, 5.74) is 4.33. The van der Waals surface area contributed by atoms with Crippen molar-refractivity contribution in [1.82, 2.24) is 0 Å². The summed E-state index contributed by atoms with van der Waals surface area (Å²) in [6.07, 6.45) is 3.50. The summed E-state index contributed by atoms with van der Waals surface area (Å²) in [6.45, 7) is 9.01. The van der Waals surface area contributed by atoms with Gasteiger partial charge in [0.1, 0.15) is 5.75 Å². The Kier molecular flexibility index (Phi) is 3.03. The van der Waals surface area contributed by atoms with Crippen molar-refractivity contribution >= 4 is 0 Å². The number of ether oxygens (including phenoxy) is 1. The maximum absolute atomic E-state index is 5.44. The number of allylic oxidation sites excluding steroid dienone is 2. The van der Waals surface area contributed by atoms with Gasteiger partial charge in [-0.15, -0.1) is 0 Å². The predicted molar refractivity (Wildman–Crippen MR) is 72.6 cm³/mol. The Bertz CT molecular complexity index is 459. The Hall–Kier alpha value is -1.24. The first-order chi connectivity index (χ1) is 7.99. The first-order valence-electron chi connectivity index (χ1n) is 6.31. The highest BCUT2D eigenvalue weighted by atomic mass is 16.5. The molecule has 1 aromatic carbocycles. The van der Waals surface area contributed by atoms with E-state index in [2.05, 4.69) is 52.0 Å². The molecular weight excluding hydrogens is 208 g/mol. The van der Waals surface area contributed by atoms with Crippen molar-refractivity contribution in [2.24, 2.45) is 5.92 Å². The second-order valence-corrected chi connectivity index (χ2v) is 5.48. The van der Waals surface area contributed by atoms with Crippen LogP contribution in [0.15, 0.2) is 29.8 Å². The standard InChI is InChI=1S/C16H22O/c1-11-8-9-16(4,13(11)3)14-7-6-12(2)15(10-14)17-5/h6-8,10,13H,9H2,1-5H3. The number of hydrogen-bond acceptors (Lipinski definition) is 1. The van der Waals surface area contributed by atoms with Crippen molar-refractivity contribution in [2.45, 2.75) is 39.5 Å². The van der Waals surface area contributed by atoms with E-state index in [1.807, 2.05) is 0 Å². The fourth-order valence-corrected chi connectivity index (χ4v) is 2.77. The molecule has 0 aromatic heterocycles. The quantitative estimate of drug-likeness (QED) is 0.690. The molecule has 0 bridgehead atoms. The minimum atomic E-state index is 0.227. The Morgan fingerprint density at radius 2 is 2.00 bits per heavy atom. The Balaban J connectivity index is 2.41. The van der Waals surface area contributed by atoms with E-state index in [1.54, 1.807) is 7.11 Å². The van der Waals surface area contributed by atoms with Gasteiger partial charge in [-0.05, 0) is 43.4 Å². The van der Waals surface area contributed by atoms with Gasteiger partial charge in [-0.2, -0.15) is 0 Å². The summed E-state index contributed by atoms with van der Waals surface area (Å²) in [4.78, 5) is 0. The smallest absolute Gasteiger partial charge is 0.122 e. The Morgan fingerprint density at radius 3 is 2.53 bits per heavy atom. The summed E-state index contributed by atoms with van der Waals surface area (Å²) >= 11 is 0. The molecule has 0 heterocycles. The third-order valence-electron chi connectivity index (χ3n) is 4.55. The minimum absolute atomic E-state index is 0.227. The maximum atomic E-state index is 5.44. The van der Waals surface area contributed by atoms with E-state index in [0.29, 0.717) is 5.92 Å². The van der Waals surface area contributed by atoms with Gasteiger partial charge in [-0.3, -0.25) is 0 Å². The van der Waals surface area contributed by atoms with Crippen molar-refractivity contribution in [1.29, 1.82) is 0 Å². The van der Waals surface area contributed by atoms with Crippen LogP contribution >= 0.6 is 0 Å². The zero-order valence-corrected chi connectivity index (χ0v) is 11.5. The summed E-state index contributed by atoms with van der Waals surface area (Å²) in [6, 6.07) is 6.62. The zero-order valence-electron chi connectivity index (χ0n) is 11.5. The van der Waals surface area contributed by atoms with E-state index in [4.69, 9.17) is 4.74 Å². The number of hydrogen-bond donors (Lipinski definition) is 0. The number of benzene rings is 1. The molecule has 1 nitrogen and oxygen atoms in total. The van der Waals surface area contributed by atoms with Crippen LogP contribution in [-0.2, 0) is 5.41 Å². The van der Waals surface area contributed by atoms with Crippen LogP contribution < -0.4 is 4.74 Å². The van der Waals surface area contributed by atoms with E-state index >= 15 is 0 Å². The van der Waals surface area contributed by atoms with Crippen LogP contribution in [-0.4, -0.2) is 7.11 Å². The highest BCUT2D eigenvalue weighted by Crippen LogP contribution is 2.45. The summed E-state index contributed by atoms with van der Waals surface area (Å²) in [5, 5.41) is 0. The van der Waals surface area contributed by atoms with E-state index in [9.17, 15) is 0 Å². The van der Waals surface area contributed by atoms with Crippen LogP contribution in [0.25, 0.3) is 0 Å². The van der Waals surface area contributed by atoms with Crippen molar-refractivity contribution in [2.75, 3.05) is 7.11 Å². The largest absolute Gasteiger partial charge is 0.496 e. The van der Waals surface area contributed by atoms with E-state index < -0.39 is 0 Å². The molecule has 0 saturated carbocycles. The molecule has 0 N–H and O–H groups in total. The Morgan fingerprint density at radius 1 is 1.29 bits per heavy atom. The van der Waals surface area contributed by atoms with Crippen LogP contribution in [0.4, 0.5) is 0 Å². The molecule has 2 atom stereocenters. The second-order valence-electron chi connectivity index (χ2n) is 5.48. The van der Waals surface area contributed by atoms with Gasteiger partial charge in [0, 0.05) is 5.41 Å². The van der Waals surface area contributed by atoms with Gasteiger partial charge in [0.05, 0.1) is 7.11 Å². The van der Waals surface area contributed by atoms with Crippen molar-refractivity contribution in [3.8, 4) is 5.75 Å². The molecule has 0 fully saturated rings. The van der Waals surface area contributed by atoms with Gasteiger partial charge < -0.3 is 4.74 Å². The first kappa shape index (κ1) is 12.2. The third kappa shape index (κ3) is 1.88. The van der Waals surface area contributed by atoms with Crippen molar-refractivity contribution in [3.63, 3.8) is 0 Å². The molecule has 2 rings (SSSR count). The molecule has 1 aliphatic carbocycles. The molecule has 0 aliphatic heterocycles. The zero-order chi connectivity index (χ0) is 12.6. The van der Waals surface area contributed by atoms with Crippen molar-refractivity contribution in [3.05, 3.63) is 41.0 Å². The molecule has 92 valence electrons. The van der Waals surface area contributed by atoms with Crippen molar-refractivity contribution < 1.29 is 4.74 Å². The SMILES string of the molecule is COc1cc(C2(C)CC=C(C)C2C)ccc1C. The van der Waals surface area contributed by atoms with Crippen LogP contribution in [0, 0.1) is 12.8 Å². The lowest BCUT2D eigenvalue weighted by molar-refractivity contribution is 0.380. The molecule has 2 unspecified atom stereocenters. The van der Waals surface area contributed by atoms with Crippen LogP contribution in [0.5, 0.6) is 5.75 Å². The molecule has 1 heteroatoms. The monoisotopic (exact) mass is 230 g/mol. The van der Waals surface area contributed by atoms with Gasteiger partial charge in [0.15, 0.2) is 0 Å². The average molecular weight is 230 g/mol. The summed E-state index contributed by atoms with van der Waals surface area (Å²) in [7, 11) is 1.75. The summed E-state index contributed by atoms with van der Waals surface area (Å²) in [5.74, 6) is 1.61. The van der Waals surface area contributed by atoms with Crippen LogP contribution in [0.2, 0.25) is 0 Å². The van der Waals surface area contributed by atoms with E-state index in [-0.39, 0.29) is 5.41 Å². The van der Waals surface area contributed by atoms with Crippen LogP contribution in [0.3, 0.4) is 0 Å². The van der Waals surface area contributed by atoms with Gasteiger partial charge >= 0.3 is 0 Å². The average Bonchev–Trinajstić information content (AvgIpc) is 2.59. The number of aryl methyl sites for hydroxylation is 1. The molecule has 0 radical (unpaired) electrons. The van der Waals surface area contributed by atoms with E-state index in [0.717, 1.165) is 12.2 Å². The van der Waals surface area contributed by atoms with Gasteiger partial charge in [-0.25, -0.2) is 0 Å². The highest BCUT2D eigenvalue weighted by Gasteiger charge is 2.37. The number of methoxy groups -OCH3 is 1. The lowest BCUT2D eigenvalue weighted by atomic mass is 9.72. The molecular formula is C16H22O. The molecule has 0 saturated heterocycles. The summed E-state index contributed by atoms with van der Waals surface area (Å²) < 4.78 is 5.44. The first-order valence-corrected chi connectivity index (χ1v) is 6.31. The third-order valence-corrected chi connectivity index (χ3v) is 4.55. The minimum Gasteiger partial charge on any atom is -0.496 e. The second kappa shape index (κ2) is 4.21. The predicted octanol–water partition coefficient (Wildman–Crippen LogP) is 4.25. The molecule has 0 amide bonds. The fourth-order valence-electron chi connectivity index (χ4n) is 2.77. The van der Waals surface area contributed by atoms with Gasteiger partial charge in [0.25, 0.3) is 0 Å². The lowest BCUT2D eigenvalue weighted by Crippen LogP contribution is -2.26. The molecule has 1 aromatic rings. The molecule has 0 spiro atoms. The topological polar surface area (TPSA) is 9.23 Å². The van der Waals surface area contributed by atoms with Gasteiger partial charge in [-0.1, -0.05) is 37.6 Å². The molecule has 1 aliphatic rings. The fraction of sp³-hybridized carbons (Fsp3) is 0.500. The molecule has 17 heavy (non-hydrogen) atoms. The highest BCUT2D eigenvalue weighted by molar-refractivity contribution is 5.42. The lowest BCUT2D eigenvalue weighted by Gasteiger charge is -2.31. The Labute approximate surface area is 104 Å². The van der Waals surface area contributed by atoms with Gasteiger partial charge in [0.2, 0.25) is 0 Å². The number of rotatable bonds is 2. The maximum Gasteiger partial charge on any atom is 0.122 e.